The van der Waals surface area contributed by atoms with Crippen molar-refractivity contribution in [2.45, 2.75) is 38.0 Å². The predicted molar refractivity (Wildman–Crippen MR) is 72.5 cm³/mol. The van der Waals surface area contributed by atoms with E-state index in [-0.39, 0.29) is 10.8 Å². The van der Waals surface area contributed by atoms with E-state index in [0.717, 1.165) is 23.5 Å². The van der Waals surface area contributed by atoms with Crippen molar-refractivity contribution in [1.29, 1.82) is 0 Å². The molecule has 1 aromatic rings. The van der Waals surface area contributed by atoms with E-state index in [4.69, 9.17) is 21.1 Å². The first kappa shape index (κ1) is 14.2. The Morgan fingerprint density at radius 1 is 1.18 bits per heavy atom. The molecule has 0 bridgehead atoms. The summed E-state index contributed by atoms with van der Waals surface area (Å²) in [5.74, 6) is 1.71. The van der Waals surface area contributed by atoms with Gasteiger partial charge in [-0.15, -0.1) is 11.6 Å². The lowest BCUT2D eigenvalue weighted by molar-refractivity contribution is 0.354. The number of hydrogen-bond donors (Lipinski definition) is 0. The molecule has 0 saturated carbocycles. The zero-order valence-electron chi connectivity index (χ0n) is 11.2. The van der Waals surface area contributed by atoms with E-state index in [9.17, 15) is 0 Å². The zero-order valence-corrected chi connectivity index (χ0v) is 12.0. The lowest BCUT2D eigenvalue weighted by atomic mass is 9.79. The van der Waals surface area contributed by atoms with Crippen LogP contribution in [0.2, 0.25) is 0 Å². The van der Waals surface area contributed by atoms with E-state index in [1.165, 1.54) is 0 Å². The van der Waals surface area contributed by atoms with Crippen LogP contribution in [0, 0.1) is 0 Å². The molecule has 0 heterocycles. The smallest absolute Gasteiger partial charge is 0.126 e. The van der Waals surface area contributed by atoms with Crippen LogP contribution in [-0.4, -0.2) is 19.6 Å². The summed E-state index contributed by atoms with van der Waals surface area (Å²) < 4.78 is 10.9. The standard InChI is InChI=1S/C14H21ClO2/c1-10(15)9-14(2,3)13-11(16-4)7-6-8-12(13)17-5/h6-8,10H,9H2,1-5H3. The minimum absolute atomic E-state index is 0.0842. The highest BCUT2D eigenvalue weighted by Gasteiger charge is 2.29. The van der Waals surface area contributed by atoms with Gasteiger partial charge in [0.05, 0.1) is 14.2 Å². The molecule has 0 N–H and O–H groups in total. The summed E-state index contributed by atoms with van der Waals surface area (Å²) in [6, 6.07) is 5.85. The number of alkyl halides is 1. The van der Waals surface area contributed by atoms with Gasteiger partial charge in [0.25, 0.3) is 0 Å². The second kappa shape index (κ2) is 5.63. The molecule has 1 atom stereocenters. The molecule has 96 valence electrons. The normalized spacial score (nSPS) is 13.3. The highest BCUT2D eigenvalue weighted by atomic mass is 35.5. The van der Waals surface area contributed by atoms with E-state index in [2.05, 4.69) is 13.8 Å². The minimum Gasteiger partial charge on any atom is -0.496 e. The van der Waals surface area contributed by atoms with Crippen molar-refractivity contribution in [1.82, 2.24) is 0 Å². The molecule has 0 saturated heterocycles. The van der Waals surface area contributed by atoms with Crippen LogP contribution in [0.25, 0.3) is 0 Å². The fourth-order valence-corrected chi connectivity index (χ4v) is 2.71. The third-order valence-electron chi connectivity index (χ3n) is 2.90. The van der Waals surface area contributed by atoms with Gasteiger partial charge in [-0.2, -0.15) is 0 Å². The first-order chi connectivity index (χ1) is 7.92. The van der Waals surface area contributed by atoms with Gasteiger partial charge in [-0.05, 0) is 30.9 Å². The average Bonchev–Trinajstić information content (AvgIpc) is 2.26. The Balaban J connectivity index is 3.26. The largest absolute Gasteiger partial charge is 0.496 e. The molecule has 1 rings (SSSR count). The van der Waals surface area contributed by atoms with Crippen molar-refractivity contribution in [3.8, 4) is 11.5 Å². The monoisotopic (exact) mass is 256 g/mol. The number of hydrogen-bond acceptors (Lipinski definition) is 2. The Morgan fingerprint density at radius 2 is 1.65 bits per heavy atom. The van der Waals surface area contributed by atoms with E-state index in [1.54, 1.807) is 14.2 Å². The van der Waals surface area contributed by atoms with Gasteiger partial charge in [0.2, 0.25) is 0 Å². The Morgan fingerprint density at radius 3 is 2.00 bits per heavy atom. The topological polar surface area (TPSA) is 18.5 Å². The molecule has 3 heteroatoms. The molecule has 1 unspecified atom stereocenters. The average molecular weight is 257 g/mol. The van der Waals surface area contributed by atoms with E-state index in [1.807, 2.05) is 25.1 Å². The molecule has 0 fully saturated rings. The zero-order chi connectivity index (χ0) is 13.1. The van der Waals surface area contributed by atoms with Crippen LogP contribution in [0.1, 0.15) is 32.8 Å². The van der Waals surface area contributed by atoms with Crippen LogP contribution < -0.4 is 9.47 Å². The molecule has 0 amide bonds. The summed E-state index contributed by atoms with van der Waals surface area (Å²) in [6.07, 6.45) is 0.866. The molecular formula is C14H21ClO2. The molecule has 17 heavy (non-hydrogen) atoms. The lowest BCUT2D eigenvalue weighted by Gasteiger charge is -2.29. The van der Waals surface area contributed by atoms with Gasteiger partial charge in [-0.25, -0.2) is 0 Å². The molecule has 0 aliphatic carbocycles. The Hall–Kier alpha value is -0.890. The Kier molecular flexibility index (Phi) is 4.70. The van der Waals surface area contributed by atoms with Gasteiger partial charge in [0.15, 0.2) is 0 Å². The summed E-state index contributed by atoms with van der Waals surface area (Å²) in [4.78, 5) is 0. The van der Waals surface area contributed by atoms with Crippen LogP contribution in [0.5, 0.6) is 11.5 Å². The molecule has 0 radical (unpaired) electrons. The highest BCUT2D eigenvalue weighted by molar-refractivity contribution is 6.20. The van der Waals surface area contributed by atoms with E-state index in [0.29, 0.717) is 0 Å². The van der Waals surface area contributed by atoms with Crippen LogP contribution in [0.4, 0.5) is 0 Å². The Labute approximate surface area is 109 Å². The number of benzene rings is 1. The van der Waals surface area contributed by atoms with Crippen molar-refractivity contribution in [3.63, 3.8) is 0 Å². The number of halogens is 1. The van der Waals surface area contributed by atoms with Crippen molar-refractivity contribution < 1.29 is 9.47 Å². The molecular weight excluding hydrogens is 236 g/mol. The second-order valence-corrected chi connectivity index (χ2v) is 5.65. The molecule has 0 aromatic heterocycles. The van der Waals surface area contributed by atoms with Crippen LogP contribution in [0.15, 0.2) is 18.2 Å². The summed E-state index contributed by atoms with van der Waals surface area (Å²) >= 11 is 6.12. The lowest BCUT2D eigenvalue weighted by Crippen LogP contribution is -2.22. The predicted octanol–water partition coefficient (Wildman–Crippen LogP) is 4.00. The maximum Gasteiger partial charge on any atom is 0.126 e. The molecule has 0 aliphatic rings. The van der Waals surface area contributed by atoms with Crippen LogP contribution >= 0.6 is 11.6 Å². The SMILES string of the molecule is COc1cccc(OC)c1C(C)(C)CC(C)Cl. The summed E-state index contributed by atoms with van der Waals surface area (Å²) in [5.41, 5.74) is 0.997. The first-order valence-corrected chi connectivity index (χ1v) is 6.21. The maximum atomic E-state index is 6.12. The fourth-order valence-electron chi connectivity index (χ4n) is 2.32. The number of methoxy groups -OCH3 is 2. The van der Waals surface area contributed by atoms with Gasteiger partial charge in [-0.1, -0.05) is 19.9 Å². The number of ether oxygens (including phenoxy) is 2. The summed E-state index contributed by atoms with van der Waals surface area (Å²) in [5, 5.41) is 0.111. The van der Waals surface area contributed by atoms with Gasteiger partial charge in [0, 0.05) is 10.9 Å². The minimum atomic E-state index is -0.0842. The van der Waals surface area contributed by atoms with Crippen molar-refractivity contribution in [2.24, 2.45) is 0 Å². The van der Waals surface area contributed by atoms with Gasteiger partial charge >= 0.3 is 0 Å². The van der Waals surface area contributed by atoms with Gasteiger partial charge in [-0.3, -0.25) is 0 Å². The molecule has 1 aromatic carbocycles. The van der Waals surface area contributed by atoms with E-state index < -0.39 is 0 Å². The van der Waals surface area contributed by atoms with Crippen molar-refractivity contribution >= 4 is 11.6 Å². The number of rotatable bonds is 5. The fraction of sp³-hybridized carbons (Fsp3) is 0.571. The second-order valence-electron chi connectivity index (χ2n) is 4.91. The van der Waals surface area contributed by atoms with Crippen LogP contribution in [-0.2, 0) is 5.41 Å². The third kappa shape index (κ3) is 3.29. The maximum absolute atomic E-state index is 6.12. The van der Waals surface area contributed by atoms with Crippen molar-refractivity contribution in [3.05, 3.63) is 23.8 Å². The summed E-state index contributed by atoms with van der Waals surface area (Å²) in [6.45, 7) is 6.32. The molecule has 2 nitrogen and oxygen atoms in total. The first-order valence-electron chi connectivity index (χ1n) is 5.78. The molecule has 0 spiro atoms. The quantitative estimate of drug-likeness (QED) is 0.742. The van der Waals surface area contributed by atoms with Crippen LogP contribution in [0.3, 0.4) is 0 Å². The third-order valence-corrected chi connectivity index (χ3v) is 3.05. The van der Waals surface area contributed by atoms with Gasteiger partial charge < -0.3 is 9.47 Å². The highest BCUT2D eigenvalue weighted by Crippen LogP contribution is 2.41. The Bertz CT molecular complexity index is 350. The van der Waals surface area contributed by atoms with Gasteiger partial charge in [0.1, 0.15) is 11.5 Å². The molecule has 0 aliphatic heterocycles. The van der Waals surface area contributed by atoms with E-state index >= 15 is 0 Å². The summed E-state index contributed by atoms with van der Waals surface area (Å²) in [7, 11) is 3.36. The van der Waals surface area contributed by atoms with Crippen molar-refractivity contribution in [2.75, 3.05) is 14.2 Å².